The molecule has 1 saturated heterocycles. The monoisotopic (exact) mass is 512 g/mol. The van der Waals surface area contributed by atoms with Crippen molar-refractivity contribution in [1.29, 1.82) is 0 Å². The van der Waals surface area contributed by atoms with Gasteiger partial charge < -0.3 is 9.64 Å². The van der Waals surface area contributed by atoms with Crippen molar-refractivity contribution >= 4 is 39.3 Å². The van der Waals surface area contributed by atoms with Crippen LogP contribution in [0.1, 0.15) is 18.4 Å². The van der Waals surface area contributed by atoms with Gasteiger partial charge in [0.2, 0.25) is 15.9 Å². The number of carbonyl (C=O) groups excluding carboxylic acids is 1. The van der Waals surface area contributed by atoms with Gasteiger partial charge in [0.25, 0.3) is 0 Å². The minimum atomic E-state index is -3.81. The molecule has 33 heavy (non-hydrogen) atoms. The van der Waals surface area contributed by atoms with Gasteiger partial charge in [-0.15, -0.1) is 0 Å². The summed E-state index contributed by atoms with van der Waals surface area (Å²) in [6.45, 7) is 0.738. The fraction of sp³-hybridized carbons (Fsp3) is 0.333. The van der Waals surface area contributed by atoms with Gasteiger partial charge >= 0.3 is 6.09 Å². The predicted octanol–water partition coefficient (Wildman–Crippen LogP) is 3.56. The predicted molar refractivity (Wildman–Crippen MR) is 122 cm³/mol. The smallest absolute Gasteiger partial charge is 0.392 e. The van der Waals surface area contributed by atoms with Crippen molar-refractivity contribution in [3.63, 3.8) is 0 Å². The Hall–Kier alpha value is -2.37. The zero-order chi connectivity index (χ0) is 23.6. The Balaban J connectivity index is 1.37. The zero-order valence-corrected chi connectivity index (χ0v) is 20.0. The number of benzene rings is 1. The van der Waals surface area contributed by atoms with E-state index in [9.17, 15) is 13.2 Å². The molecule has 1 fully saturated rings. The summed E-state index contributed by atoms with van der Waals surface area (Å²) in [4.78, 5) is 23.5. The van der Waals surface area contributed by atoms with E-state index in [2.05, 4.69) is 10.5 Å². The minimum Gasteiger partial charge on any atom is -0.392 e. The highest BCUT2D eigenvalue weighted by atomic mass is 35.5. The summed E-state index contributed by atoms with van der Waals surface area (Å²) in [7, 11) is -2.19. The van der Waals surface area contributed by atoms with E-state index in [4.69, 9.17) is 32.8 Å². The summed E-state index contributed by atoms with van der Waals surface area (Å²) >= 11 is 12.1. The third kappa shape index (κ3) is 5.25. The Bertz CT molecular complexity index is 1170. The molecule has 3 heterocycles. The molecule has 0 saturated carbocycles. The molecular weight excluding hydrogens is 491 g/mol. The molecule has 0 aliphatic carbocycles. The SMILES string of the molecule is CN(Cc1cccnc1)C(=O)OC1=CC2(CCN(S(=O)(=O)c3cc(Cl)ccc3Cl)CC2)ON1. The highest BCUT2D eigenvalue weighted by molar-refractivity contribution is 7.89. The molecular formula is C21H22Cl2N4O5S. The number of aromatic nitrogens is 1. The normalized spacial score (nSPS) is 18.0. The van der Waals surface area contributed by atoms with Crippen LogP contribution in [0.4, 0.5) is 4.79 Å². The van der Waals surface area contributed by atoms with E-state index in [0.29, 0.717) is 19.4 Å². The van der Waals surface area contributed by atoms with Crippen LogP contribution < -0.4 is 5.48 Å². The van der Waals surface area contributed by atoms with Crippen molar-refractivity contribution in [2.24, 2.45) is 0 Å². The van der Waals surface area contributed by atoms with Gasteiger partial charge in [-0.25, -0.2) is 18.7 Å². The lowest BCUT2D eigenvalue weighted by molar-refractivity contribution is -0.0735. The van der Waals surface area contributed by atoms with E-state index in [1.54, 1.807) is 31.6 Å². The van der Waals surface area contributed by atoms with Gasteiger partial charge in [0.1, 0.15) is 10.5 Å². The quantitative estimate of drug-likeness (QED) is 0.653. The van der Waals surface area contributed by atoms with Crippen LogP contribution in [0.15, 0.2) is 59.6 Å². The summed E-state index contributed by atoms with van der Waals surface area (Å²) in [6.07, 6.45) is 5.18. The minimum absolute atomic E-state index is 0.0279. The zero-order valence-electron chi connectivity index (χ0n) is 17.7. The maximum atomic E-state index is 13.0. The second-order valence-electron chi connectivity index (χ2n) is 7.84. The van der Waals surface area contributed by atoms with Crippen molar-refractivity contribution < 1.29 is 22.8 Å². The number of nitrogens with zero attached hydrogens (tertiary/aromatic N) is 3. The maximum Gasteiger partial charge on any atom is 0.416 e. The summed E-state index contributed by atoms with van der Waals surface area (Å²) in [5.41, 5.74) is 2.73. The number of halogens is 2. The van der Waals surface area contributed by atoms with E-state index in [1.807, 2.05) is 6.07 Å². The van der Waals surface area contributed by atoms with Gasteiger partial charge in [0.05, 0.1) is 11.6 Å². The van der Waals surface area contributed by atoms with Crippen LogP contribution in [0.25, 0.3) is 0 Å². The molecule has 2 aliphatic heterocycles. The van der Waals surface area contributed by atoms with Crippen molar-refractivity contribution in [3.8, 4) is 0 Å². The van der Waals surface area contributed by atoms with E-state index >= 15 is 0 Å². The fourth-order valence-electron chi connectivity index (χ4n) is 3.67. The van der Waals surface area contributed by atoms with Crippen LogP contribution in [0.2, 0.25) is 10.0 Å². The number of ether oxygens (including phenoxy) is 1. The number of amides is 1. The Labute approximate surface area is 201 Å². The molecule has 2 aliphatic rings. The van der Waals surface area contributed by atoms with Crippen molar-refractivity contribution in [2.75, 3.05) is 20.1 Å². The average molecular weight is 513 g/mol. The fourth-order valence-corrected chi connectivity index (χ4v) is 5.85. The molecule has 0 bridgehead atoms. The number of sulfonamides is 1. The van der Waals surface area contributed by atoms with Gasteiger partial charge in [0.15, 0.2) is 0 Å². The van der Waals surface area contributed by atoms with Crippen LogP contribution in [-0.2, 0) is 26.1 Å². The van der Waals surface area contributed by atoms with Crippen LogP contribution >= 0.6 is 23.2 Å². The summed E-state index contributed by atoms with van der Waals surface area (Å²) in [5, 5.41) is 0.403. The molecule has 1 aromatic carbocycles. The lowest BCUT2D eigenvalue weighted by Gasteiger charge is -2.35. The summed E-state index contributed by atoms with van der Waals surface area (Å²) in [5.74, 6) is 0.173. The molecule has 1 spiro atoms. The van der Waals surface area contributed by atoms with Gasteiger partial charge in [-0.2, -0.15) is 4.31 Å². The number of hydrogen-bond donors (Lipinski definition) is 1. The lowest BCUT2D eigenvalue weighted by Crippen LogP contribution is -2.46. The molecule has 1 N–H and O–H groups in total. The highest BCUT2D eigenvalue weighted by Crippen LogP contribution is 2.35. The Morgan fingerprint density at radius 3 is 2.76 bits per heavy atom. The summed E-state index contributed by atoms with van der Waals surface area (Å²) in [6, 6.07) is 7.99. The van der Waals surface area contributed by atoms with Crippen LogP contribution in [0.3, 0.4) is 0 Å². The molecule has 1 amide bonds. The first-order valence-electron chi connectivity index (χ1n) is 10.1. The molecule has 0 unspecified atom stereocenters. The lowest BCUT2D eigenvalue weighted by atomic mass is 9.93. The Morgan fingerprint density at radius 1 is 1.30 bits per heavy atom. The van der Waals surface area contributed by atoms with E-state index < -0.39 is 21.7 Å². The molecule has 0 atom stereocenters. The largest absolute Gasteiger partial charge is 0.416 e. The average Bonchev–Trinajstić information content (AvgIpc) is 3.18. The number of pyridine rings is 1. The van der Waals surface area contributed by atoms with Gasteiger partial charge in [0, 0.05) is 43.6 Å². The van der Waals surface area contributed by atoms with Gasteiger partial charge in [-0.3, -0.25) is 9.82 Å². The molecule has 0 radical (unpaired) electrons. The van der Waals surface area contributed by atoms with Crippen LogP contribution in [0.5, 0.6) is 0 Å². The maximum absolute atomic E-state index is 13.0. The molecule has 4 rings (SSSR count). The number of hydroxylamine groups is 1. The molecule has 12 heteroatoms. The number of nitrogens with one attached hydrogen (secondary N) is 1. The summed E-state index contributed by atoms with van der Waals surface area (Å²) < 4.78 is 32.8. The standard InChI is InChI=1S/C21H22Cl2N4O5S/c1-26(14-15-3-2-8-24-13-15)20(28)31-19-12-21(32-25-19)6-9-27(10-7-21)33(29,30)18-11-16(22)4-5-17(18)23/h2-5,8,11-13,25H,6-7,9-10,14H2,1H3. The number of piperidine rings is 1. The number of rotatable bonds is 5. The van der Waals surface area contributed by atoms with Crippen LogP contribution in [0, 0.1) is 0 Å². The number of carbonyl (C=O) groups is 1. The third-order valence-electron chi connectivity index (χ3n) is 5.48. The van der Waals surface area contributed by atoms with Gasteiger partial charge in [-0.1, -0.05) is 29.3 Å². The second kappa shape index (κ2) is 9.47. The number of hydrogen-bond acceptors (Lipinski definition) is 7. The van der Waals surface area contributed by atoms with E-state index in [-0.39, 0.29) is 33.9 Å². The molecule has 2 aromatic rings. The Kier molecular flexibility index (Phi) is 6.83. The van der Waals surface area contributed by atoms with Crippen molar-refractivity contribution in [1.82, 2.24) is 19.7 Å². The topological polar surface area (TPSA) is 101 Å². The second-order valence-corrected chi connectivity index (χ2v) is 10.6. The Morgan fingerprint density at radius 2 is 2.06 bits per heavy atom. The van der Waals surface area contributed by atoms with E-state index in [1.165, 1.54) is 27.4 Å². The molecule has 1 aromatic heterocycles. The van der Waals surface area contributed by atoms with Crippen LogP contribution in [-0.4, -0.2) is 54.4 Å². The first kappa shape index (κ1) is 23.8. The van der Waals surface area contributed by atoms with Gasteiger partial charge in [-0.05, 0) is 42.7 Å². The first-order valence-corrected chi connectivity index (χ1v) is 12.3. The molecule has 176 valence electrons. The van der Waals surface area contributed by atoms with Crippen molar-refractivity contribution in [3.05, 3.63) is 70.3 Å². The molecule has 9 nitrogen and oxygen atoms in total. The third-order valence-corrected chi connectivity index (χ3v) is 8.10. The van der Waals surface area contributed by atoms with Crippen molar-refractivity contribution in [2.45, 2.75) is 29.9 Å². The van der Waals surface area contributed by atoms with E-state index in [0.717, 1.165) is 5.56 Å². The first-order chi connectivity index (χ1) is 15.7. The highest BCUT2D eigenvalue weighted by Gasteiger charge is 2.43.